The molecule has 1 aliphatic carbocycles. The number of hydrogen-bond donors (Lipinski definition) is 3. The lowest BCUT2D eigenvalue weighted by Gasteiger charge is -2.43. The Labute approximate surface area is 194 Å². The van der Waals surface area contributed by atoms with Gasteiger partial charge in [0.25, 0.3) is 0 Å². The first-order chi connectivity index (χ1) is 14.1. The van der Waals surface area contributed by atoms with Crippen LogP contribution in [0.2, 0.25) is 0 Å². The standard InChI is InChI=1S/C23H27FN4O.HI/c1-25-22(26-14-16-13-21(29)28-20-6-3-2-5-19(16)20)27-15-23(11-4-12-23)17-7-9-18(24)10-8-17;/h2-3,5-10,16H,4,11-15H2,1H3,(H,28,29)(H2,25,26,27);1H. The zero-order chi connectivity index (χ0) is 20.3. The Hall–Kier alpha value is -2.16. The molecule has 3 N–H and O–H groups in total. The summed E-state index contributed by atoms with van der Waals surface area (Å²) in [5.41, 5.74) is 3.24. The Bertz CT molecular complexity index is 912. The lowest BCUT2D eigenvalue weighted by molar-refractivity contribution is -0.116. The second-order valence-electron chi connectivity index (χ2n) is 7.98. The van der Waals surface area contributed by atoms with Crippen molar-refractivity contribution in [1.82, 2.24) is 10.6 Å². The van der Waals surface area contributed by atoms with Gasteiger partial charge in [-0.3, -0.25) is 9.79 Å². The third-order valence-electron chi connectivity index (χ3n) is 6.21. The number of halogens is 2. The van der Waals surface area contributed by atoms with Gasteiger partial charge in [0.05, 0.1) is 0 Å². The molecule has 2 aliphatic rings. The smallest absolute Gasteiger partial charge is 0.225 e. The van der Waals surface area contributed by atoms with Gasteiger partial charge in [0, 0.05) is 43.6 Å². The fraction of sp³-hybridized carbons (Fsp3) is 0.391. The maximum absolute atomic E-state index is 13.3. The van der Waals surface area contributed by atoms with Gasteiger partial charge in [-0.05, 0) is 42.2 Å². The minimum absolute atomic E-state index is 0. The molecule has 1 heterocycles. The Kier molecular flexibility index (Phi) is 7.33. The van der Waals surface area contributed by atoms with Gasteiger partial charge in [0.15, 0.2) is 5.96 Å². The fourth-order valence-corrected chi connectivity index (χ4v) is 4.35. The number of rotatable bonds is 5. The number of aliphatic imine (C=N–C) groups is 1. The summed E-state index contributed by atoms with van der Waals surface area (Å²) in [5, 5.41) is 9.76. The van der Waals surface area contributed by atoms with Crippen LogP contribution < -0.4 is 16.0 Å². The van der Waals surface area contributed by atoms with Crippen molar-refractivity contribution in [1.29, 1.82) is 0 Å². The topological polar surface area (TPSA) is 65.5 Å². The zero-order valence-corrected chi connectivity index (χ0v) is 19.4. The minimum Gasteiger partial charge on any atom is -0.356 e. The van der Waals surface area contributed by atoms with E-state index in [9.17, 15) is 9.18 Å². The van der Waals surface area contributed by atoms with E-state index in [4.69, 9.17) is 0 Å². The average molecular weight is 522 g/mol. The van der Waals surface area contributed by atoms with Crippen LogP contribution in [-0.2, 0) is 10.2 Å². The summed E-state index contributed by atoms with van der Waals surface area (Å²) >= 11 is 0. The van der Waals surface area contributed by atoms with Crippen LogP contribution in [0.1, 0.15) is 42.7 Å². The number of nitrogens with zero attached hydrogens (tertiary/aromatic N) is 1. The molecule has 160 valence electrons. The van der Waals surface area contributed by atoms with E-state index in [1.165, 1.54) is 24.1 Å². The Balaban J connectivity index is 0.00000256. The fourth-order valence-electron chi connectivity index (χ4n) is 4.35. The third kappa shape index (κ3) is 4.77. The number of anilines is 1. The van der Waals surface area contributed by atoms with E-state index in [-0.39, 0.29) is 47.0 Å². The van der Waals surface area contributed by atoms with E-state index in [2.05, 4.69) is 27.0 Å². The Morgan fingerprint density at radius 1 is 1.17 bits per heavy atom. The van der Waals surface area contributed by atoms with E-state index in [0.717, 1.165) is 36.6 Å². The van der Waals surface area contributed by atoms with Crippen LogP contribution in [-0.4, -0.2) is 32.0 Å². The number of amides is 1. The summed E-state index contributed by atoms with van der Waals surface area (Å²) < 4.78 is 13.3. The molecule has 1 saturated carbocycles. The molecule has 2 aromatic rings. The van der Waals surface area contributed by atoms with Gasteiger partial charge in [-0.15, -0.1) is 24.0 Å². The van der Waals surface area contributed by atoms with Gasteiger partial charge < -0.3 is 16.0 Å². The summed E-state index contributed by atoms with van der Waals surface area (Å²) in [5.74, 6) is 0.670. The second-order valence-corrected chi connectivity index (χ2v) is 7.98. The van der Waals surface area contributed by atoms with Gasteiger partial charge in [-0.1, -0.05) is 36.8 Å². The van der Waals surface area contributed by atoms with Crippen LogP contribution in [0.5, 0.6) is 0 Å². The molecule has 5 nitrogen and oxygen atoms in total. The molecule has 2 aromatic carbocycles. The molecule has 0 aromatic heterocycles. The molecule has 1 aliphatic heterocycles. The van der Waals surface area contributed by atoms with Crippen molar-refractivity contribution in [3.8, 4) is 0 Å². The molecule has 1 amide bonds. The van der Waals surface area contributed by atoms with Gasteiger partial charge in [-0.25, -0.2) is 4.39 Å². The van der Waals surface area contributed by atoms with Crippen molar-refractivity contribution in [2.75, 3.05) is 25.5 Å². The molecule has 0 saturated heterocycles. The van der Waals surface area contributed by atoms with Crippen LogP contribution in [0.15, 0.2) is 53.5 Å². The van der Waals surface area contributed by atoms with E-state index in [1.807, 2.05) is 30.3 Å². The molecule has 0 radical (unpaired) electrons. The monoisotopic (exact) mass is 522 g/mol. The molecule has 1 unspecified atom stereocenters. The van der Waals surface area contributed by atoms with Crippen LogP contribution in [0, 0.1) is 5.82 Å². The number of para-hydroxylation sites is 1. The molecule has 30 heavy (non-hydrogen) atoms. The van der Waals surface area contributed by atoms with Gasteiger partial charge in [-0.2, -0.15) is 0 Å². The molecular formula is C23H28FIN4O. The number of nitrogens with one attached hydrogen (secondary N) is 3. The van der Waals surface area contributed by atoms with Crippen LogP contribution in [0.4, 0.5) is 10.1 Å². The van der Waals surface area contributed by atoms with Crippen molar-refractivity contribution in [2.24, 2.45) is 4.99 Å². The highest BCUT2D eigenvalue weighted by atomic mass is 127. The first kappa shape index (κ1) is 22.5. The minimum atomic E-state index is -0.203. The number of hydrogen-bond acceptors (Lipinski definition) is 2. The molecule has 0 bridgehead atoms. The first-order valence-electron chi connectivity index (χ1n) is 10.2. The highest BCUT2D eigenvalue weighted by Gasteiger charge is 2.38. The summed E-state index contributed by atoms with van der Waals surface area (Å²) in [6, 6.07) is 14.8. The molecule has 4 rings (SSSR count). The van der Waals surface area contributed by atoms with Crippen molar-refractivity contribution < 1.29 is 9.18 Å². The summed E-state index contributed by atoms with van der Waals surface area (Å²) in [6.07, 6.45) is 3.80. The van der Waals surface area contributed by atoms with Gasteiger partial charge >= 0.3 is 0 Å². The number of guanidine groups is 1. The number of carbonyl (C=O) groups excluding carboxylic acids is 1. The predicted octanol–water partition coefficient (Wildman–Crippen LogP) is 4.16. The molecule has 1 atom stereocenters. The molecule has 0 spiro atoms. The SMILES string of the molecule is CN=C(NCC1CC(=O)Nc2ccccc21)NCC1(c2ccc(F)cc2)CCC1.I. The lowest BCUT2D eigenvalue weighted by atomic mass is 9.64. The third-order valence-corrected chi connectivity index (χ3v) is 6.21. The Morgan fingerprint density at radius 2 is 1.90 bits per heavy atom. The summed E-state index contributed by atoms with van der Waals surface area (Å²) in [6.45, 7) is 1.38. The van der Waals surface area contributed by atoms with Crippen LogP contribution >= 0.6 is 24.0 Å². The molecule has 7 heteroatoms. The number of fused-ring (bicyclic) bond motifs is 1. The number of carbonyl (C=O) groups is 1. The van der Waals surface area contributed by atoms with Crippen molar-refractivity contribution in [2.45, 2.75) is 37.0 Å². The average Bonchev–Trinajstić information content (AvgIpc) is 2.70. The largest absolute Gasteiger partial charge is 0.356 e. The maximum atomic E-state index is 13.3. The van der Waals surface area contributed by atoms with Crippen molar-refractivity contribution in [3.63, 3.8) is 0 Å². The van der Waals surface area contributed by atoms with E-state index < -0.39 is 0 Å². The lowest BCUT2D eigenvalue weighted by Crippen LogP contribution is -2.49. The predicted molar refractivity (Wildman–Crippen MR) is 129 cm³/mol. The van der Waals surface area contributed by atoms with E-state index in [1.54, 1.807) is 7.05 Å². The summed E-state index contributed by atoms with van der Waals surface area (Å²) in [7, 11) is 1.75. The van der Waals surface area contributed by atoms with Crippen LogP contribution in [0.3, 0.4) is 0 Å². The van der Waals surface area contributed by atoms with Crippen molar-refractivity contribution >= 4 is 41.5 Å². The second kappa shape index (κ2) is 9.76. The first-order valence-corrected chi connectivity index (χ1v) is 10.2. The zero-order valence-electron chi connectivity index (χ0n) is 17.1. The normalized spacial score (nSPS) is 19.6. The highest BCUT2D eigenvalue weighted by molar-refractivity contribution is 14.0. The maximum Gasteiger partial charge on any atom is 0.225 e. The van der Waals surface area contributed by atoms with Gasteiger partial charge in [0.1, 0.15) is 5.82 Å². The van der Waals surface area contributed by atoms with E-state index in [0.29, 0.717) is 13.0 Å². The van der Waals surface area contributed by atoms with Crippen LogP contribution in [0.25, 0.3) is 0 Å². The van der Waals surface area contributed by atoms with E-state index >= 15 is 0 Å². The number of benzene rings is 2. The quantitative estimate of drug-likeness (QED) is 0.314. The molecule has 1 fully saturated rings. The molecular weight excluding hydrogens is 494 g/mol. The highest BCUT2D eigenvalue weighted by Crippen LogP contribution is 2.43. The summed E-state index contributed by atoms with van der Waals surface area (Å²) in [4.78, 5) is 16.4. The van der Waals surface area contributed by atoms with Crippen molar-refractivity contribution in [3.05, 3.63) is 65.5 Å². The van der Waals surface area contributed by atoms with Gasteiger partial charge in [0.2, 0.25) is 5.91 Å². The Morgan fingerprint density at radius 3 is 2.57 bits per heavy atom.